The van der Waals surface area contributed by atoms with Crippen LogP contribution in [0.3, 0.4) is 0 Å². The molecular weight excluding hydrogens is 310 g/mol. The van der Waals surface area contributed by atoms with Gasteiger partial charge in [-0.2, -0.15) is 16.9 Å². The molecule has 2 aliphatic rings. The number of amides is 1. The smallest absolute Gasteiger partial charge is 0.274 e. The summed E-state index contributed by atoms with van der Waals surface area (Å²) in [7, 11) is 0. The summed E-state index contributed by atoms with van der Waals surface area (Å²) in [6.07, 6.45) is 8.48. The molecule has 0 saturated carbocycles. The van der Waals surface area contributed by atoms with Gasteiger partial charge in [0.2, 0.25) is 0 Å². The third-order valence-electron chi connectivity index (χ3n) is 4.89. The highest BCUT2D eigenvalue weighted by Crippen LogP contribution is 2.24. The summed E-state index contributed by atoms with van der Waals surface area (Å²) in [6.45, 7) is 5.32. The molecule has 5 nitrogen and oxygen atoms in total. The van der Waals surface area contributed by atoms with Crippen molar-refractivity contribution in [2.24, 2.45) is 5.92 Å². The Morgan fingerprint density at radius 1 is 1.39 bits per heavy atom. The second kappa shape index (κ2) is 7.71. The predicted octanol–water partition coefficient (Wildman–Crippen LogP) is 2.76. The van der Waals surface area contributed by atoms with Crippen LogP contribution in [0.5, 0.6) is 0 Å². The quantitative estimate of drug-likeness (QED) is 0.848. The second-order valence-corrected chi connectivity index (χ2v) is 7.61. The number of hydrogen-bond donors (Lipinski definition) is 0. The van der Waals surface area contributed by atoms with E-state index in [1.807, 2.05) is 34.5 Å². The van der Waals surface area contributed by atoms with E-state index in [4.69, 9.17) is 4.74 Å². The van der Waals surface area contributed by atoms with Crippen molar-refractivity contribution >= 4 is 17.7 Å². The van der Waals surface area contributed by atoms with Crippen LogP contribution < -0.4 is 0 Å². The average Bonchev–Trinajstić information content (AvgIpc) is 2.97. The topological polar surface area (TPSA) is 47.4 Å². The van der Waals surface area contributed by atoms with E-state index in [9.17, 15) is 4.79 Å². The highest BCUT2D eigenvalue weighted by Gasteiger charge is 2.28. The number of ether oxygens (including phenoxy) is 1. The van der Waals surface area contributed by atoms with Crippen molar-refractivity contribution in [1.82, 2.24) is 14.7 Å². The number of carbonyl (C=O) groups excluding carboxylic acids is 1. The Hall–Kier alpha value is -1.01. The molecule has 0 aliphatic carbocycles. The van der Waals surface area contributed by atoms with E-state index in [1.54, 1.807) is 0 Å². The molecule has 2 aliphatic heterocycles. The molecule has 1 unspecified atom stereocenters. The van der Waals surface area contributed by atoms with Gasteiger partial charge < -0.3 is 9.64 Å². The Morgan fingerprint density at radius 2 is 2.17 bits per heavy atom. The first kappa shape index (κ1) is 16.8. The van der Waals surface area contributed by atoms with E-state index in [1.165, 1.54) is 6.42 Å². The third-order valence-corrected chi connectivity index (χ3v) is 5.70. The zero-order chi connectivity index (χ0) is 16.2. The number of hydrogen-bond acceptors (Lipinski definition) is 4. The van der Waals surface area contributed by atoms with Gasteiger partial charge in [0.1, 0.15) is 0 Å². The Labute approximate surface area is 142 Å². The molecule has 0 radical (unpaired) electrons. The molecule has 3 heterocycles. The van der Waals surface area contributed by atoms with E-state index < -0.39 is 0 Å². The largest absolute Gasteiger partial charge is 0.381 e. The highest BCUT2D eigenvalue weighted by atomic mass is 32.2. The van der Waals surface area contributed by atoms with Gasteiger partial charge in [0.25, 0.3) is 5.91 Å². The van der Waals surface area contributed by atoms with E-state index in [-0.39, 0.29) is 5.91 Å². The Bertz CT molecular complexity index is 538. The summed E-state index contributed by atoms with van der Waals surface area (Å²) in [4.78, 5) is 14.9. The zero-order valence-corrected chi connectivity index (χ0v) is 15.0. The number of aryl methyl sites for hydroxylation is 1. The number of piperidine rings is 1. The Morgan fingerprint density at radius 3 is 2.91 bits per heavy atom. The molecule has 0 spiro atoms. The first-order valence-electron chi connectivity index (χ1n) is 8.60. The highest BCUT2D eigenvalue weighted by molar-refractivity contribution is 7.98. The van der Waals surface area contributed by atoms with Gasteiger partial charge in [-0.3, -0.25) is 9.48 Å². The molecule has 1 aromatic heterocycles. The molecule has 128 valence electrons. The molecule has 1 aromatic rings. The van der Waals surface area contributed by atoms with Gasteiger partial charge in [0.15, 0.2) is 5.69 Å². The van der Waals surface area contributed by atoms with Crippen LogP contribution in [0, 0.1) is 12.8 Å². The van der Waals surface area contributed by atoms with Crippen LogP contribution in [0.1, 0.15) is 47.8 Å². The minimum Gasteiger partial charge on any atom is -0.381 e. The van der Waals surface area contributed by atoms with E-state index in [0.717, 1.165) is 56.9 Å². The van der Waals surface area contributed by atoms with Crippen molar-refractivity contribution in [3.8, 4) is 0 Å². The monoisotopic (exact) mass is 337 g/mol. The number of aromatic nitrogens is 2. The third kappa shape index (κ3) is 3.91. The first-order chi connectivity index (χ1) is 11.2. The summed E-state index contributed by atoms with van der Waals surface area (Å²) in [5, 5.41) is 4.64. The van der Waals surface area contributed by atoms with Gasteiger partial charge in [-0.25, -0.2) is 0 Å². The van der Waals surface area contributed by atoms with Crippen LogP contribution >= 0.6 is 11.8 Å². The molecule has 2 saturated heterocycles. The lowest BCUT2D eigenvalue weighted by atomic mass is 9.99. The summed E-state index contributed by atoms with van der Waals surface area (Å²) in [6, 6.07) is 0.370. The van der Waals surface area contributed by atoms with Crippen LogP contribution in [0.4, 0.5) is 0 Å². The minimum atomic E-state index is 0.110. The van der Waals surface area contributed by atoms with Gasteiger partial charge in [-0.05, 0) is 50.5 Å². The lowest BCUT2D eigenvalue weighted by Crippen LogP contribution is -2.41. The van der Waals surface area contributed by atoms with E-state index in [0.29, 0.717) is 17.7 Å². The molecule has 0 N–H and O–H groups in total. The summed E-state index contributed by atoms with van der Waals surface area (Å²) < 4.78 is 7.41. The lowest BCUT2D eigenvalue weighted by molar-refractivity contribution is 0.0641. The fourth-order valence-corrected chi connectivity index (χ4v) is 4.35. The molecule has 1 atom stereocenters. The van der Waals surface area contributed by atoms with Crippen LogP contribution in [0.15, 0.2) is 6.20 Å². The first-order valence-corrected chi connectivity index (χ1v) is 10.00. The van der Waals surface area contributed by atoms with Crippen molar-refractivity contribution in [3.63, 3.8) is 0 Å². The molecule has 2 fully saturated rings. The second-order valence-electron chi connectivity index (χ2n) is 6.70. The molecule has 1 amide bonds. The molecule has 0 bridgehead atoms. The van der Waals surface area contributed by atoms with Crippen molar-refractivity contribution in [2.75, 3.05) is 38.3 Å². The van der Waals surface area contributed by atoms with Gasteiger partial charge in [0.05, 0.1) is 6.04 Å². The SMILES string of the molecule is CSCC1CCCN(C(=O)c2nn(C3CCOCC3)cc2C)C1. The molecule has 3 rings (SSSR count). The Balaban J connectivity index is 1.70. The summed E-state index contributed by atoms with van der Waals surface area (Å²) in [5.41, 5.74) is 1.63. The summed E-state index contributed by atoms with van der Waals surface area (Å²) in [5.74, 6) is 1.87. The zero-order valence-electron chi connectivity index (χ0n) is 14.2. The lowest BCUT2D eigenvalue weighted by Gasteiger charge is -2.32. The van der Waals surface area contributed by atoms with Crippen molar-refractivity contribution < 1.29 is 9.53 Å². The molecule has 0 aromatic carbocycles. The number of likely N-dealkylation sites (tertiary alicyclic amines) is 1. The van der Waals surface area contributed by atoms with E-state index in [2.05, 4.69) is 11.4 Å². The standard InChI is InChI=1S/C17H27N3O2S/c1-13-10-20(15-5-8-22-9-6-15)18-16(13)17(21)19-7-3-4-14(11-19)12-23-2/h10,14-15H,3-9,11-12H2,1-2H3. The van der Waals surface area contributed by atoms with Crippen molar-refractivity contribution in [2.45, 2.75) is 38.6 Å². The van der Waals surface area contributed by atoms with Gasteiger partial charge in [-0.15, -0.1) is 0 Å². The maximum absolute atomic E-state index is 12.9. The van der Waals surface area contributed by atoms with Crippen molar-refractivity contribution in [3.05, 3.63) is 17.5 Å². The van der Waals surface area contributed by atoms with Gasteiger partial charge in [-0.1, -0.05) is 0 Å². The number of thioether (sulfide) groups is 1. The summed E-state index contributed by atoms with van der Waals surface area (Å²) >= 11 is 1.87. The number of rotatable bonds is 4. The number of nitrogens with zero attached hydrogens (tertiary/aromatic N) is 3. The minimum absolute atomic E-state index is 0.110. The predicted molar refractivity (Wildman–Crippen MR) is 93.1 cm³/mol. The Kier molecular flexibility index (Phi) is 5.64. The van der Waals surface area contributed by atoms with Crippen molar-refractivity contribution in [1.29, 1.82) is 0 Å². The maximum Gasteiger partial charge on any atom is 0.274 e. The van der Waals surface area contributed by atoms with Gasteiger partial charge in [0, 0.05) is 38.1 Å². The molecule has 23 heavy (non-hydrogen) atoms. The van der Waals surface area contributed by atoms with Crippen LogP contribution in [0.25, 0.3) is 0 Å². The fraction of sp³-hybridized carbons (Fsp3) is 0.765. The molecular formula is C17H27N3O2S. The van der Waals surface area contributed by atoms with Crippen LogP contribution in [0.2, 0.25) is 0 Å². The number of carbonyl (C=O) groups is 1. The normalized spacial score (nSPS) is 23.2. The average molecular weight is 337 g/mol. The molecule has 6 heteroatoms. The van der Waals surface area contributed by atoms with Crippen LogP contribution in [-0.2, 0) is 4.74 Å². The van der Waals surface area contributed by atoms with E-state index >= 15 is 0 Å². The van der Waals surface area contributed by atoms with Gasteiger partial charge >= 0.3 is 0 Å². The maximum atomic E-state index is 12.9. The van der Waals surface area contributed by atoms with Crippen LogP contribution in [-0.4, -0.2) is 58.9 Å². The fourth-order valence-electron chi connectivity index (χ4n) is 3.60.